The van der Waals surface area contributed by atoms with E-state index in [0.29, 0.717) is 31.9 Å². The van der Waals surface area contributed by atoms with Crippen LogP contribution in [-0.2, 0) is 9.53 Å². The Labute approximate surface area is 113 Å². The maximum absolute atomic E-state index is 11.9. The summed E-state index contributed by atoms with van der Waals surface area (Å²) in [5.41, 5.74) is -1.04. The largest absolute Gasteiger partial charge is 0.480 e. The number of likely N-dealkylation sites (N-methyl/N-ethyl adjacent to an activating group) is 1. The fourth-order valence-electron chi connectivity index (χ4n) is 2.06. The summed E-state index contributed by atoms with van der Waals surface area (Å²) in [6.45, 7) is 1.75. The van der Waals surface area contributed by atoms with Crippen LogP contribution in [0.4, 0.5) is 4.79 Å². The van der Waals surface area contributed by atoms with E-state index in [9.17, 15) is 9.59 Å². The van der Waals surface area contributed by atoms with Crippen LogP contribution in [0.25, 0.3) is 0 Å². The first kappa shape index (κ1) is 14.1. The van der Waals surface area contributed by atoms with Crippen LogP contribution in [-0.4, -0.2) is 54.4 Å². The van der Waals surface area contributed by atoms with E-state index in [1.807, 2.05) is 0 Å². The minimum Gasteiger partial charge on any atom is -0.480 e. The third kappa shape index (κ3) is 3.59. The Morgan fingerprint density at radius 1 is 1.42 bits per heavy atom. The molecule has 0 radical (unpaired) electrons. The number of carboxylic acids is 1. The first-order chi connectivity index (χ1) is 9.03. The number of amides is 2. The summed E-state index contributed by atoms with van der Waals surface area (Å²) in [4.78, 5) is 24.5. The van der Waals surface area contributed by atoms with Crippen molar-refractivity contribution in [2.75, 3.05) is 26.8 Å². The lowest BCUT2D eigenvalue weighted by atomic mass is 9.77. The van der Waals surface area contributed by atoms with E-state index in [1.54, 1.807) is 7.05 Å². The molecule has 0 bridgehead atoms. The Kier molecular flexibility index (Phi) is 4.29. The van der Waals surface area contributed by atoms with Crippen LogP contribution >= 0.6 is 0 Å². The molecule has 0 atom stereocenters. The Balaban J connectivity index is 1.67. The van der Waals surface area contributed by atoms with Crippen molar-refractivity contribution in [2.45, 2.75) is 37.6 Å². The van der Waals surface area contributed by atoms with Crippen LogP contribution in [0.2, 0.25) is 0 Å². The predicted molar refractivity (Wildman–Crippen MR) is 68.9 cm³/mol. The summed E-state index contributed by atoms with van der Waals surface area (Å²) in [5.74, 6) is -0.227. The quantitative estimate of drug-likeness (QED) is 0.678. The zero-order valence-corrected chi connectivity index (χ0v) is 11.4. The minimum absolute atomic E-state index is 0.336. The van der Waals surface area contributed by atoms with Crippen LogP contribution in [0.1, 0.15) is 32.1 Å². The van der Waals surface area contributed by atoms with Gasteiger partial charge in [0.15, 0.2) is 0 Å². The molecule has 2 fully saturated rings. The molecular formula is C13H22N2O4. The second kappa shape index (κ2) is 5.77. The molecule has 2 aliphatic carbocycles. The van der Waals surface area contributed by atoms with Gasteiger partial charge in [-0.15, -0.1) is 0 Å². The number of carbonyl (C=O) groups is 2. The summed E-state index contributed by atoms with van der Waals surface area (Å²) >= 11 is 0. The van der Waals surface area contributed by atoms with E-state index in [-0.39, 0.29) is 6.03 Å². The Morgan fingerprint density at radius 3 is 2.58 bits per heavy atom. The van der Waals surface area contributed by atoms with Crippen molar-refractivity contribution in [1.29, 1.82) is 0 Å². The molecule has 2 saturated carbocycles. The van der Waals surface area contributed by atoms with Crippen LogP contribution in [0.3, 0.4) is 0 Å². The molecule has 2 amide bonds. The van der Waals surface area contributed by atoms with Gasteiger partial charge >= 0.3 is 12.0 Å². The summed E-state index contributed by atoms with van der Waals surface area (Å²) in [6, 6.07) is -0.336. The van der Waals surface area contributed by atoms with Crippen molar-refractivity contribution >= 4 is 12.0 Å². The molecule has 6 nitrogen and oxygen atoms in total. The standard InChI is InChI=1S/C13H22N2O4/c1-15(7-8-19-9-10-3-4-10)12(18)14-13(11(16)17)5-2-6-13/h10H,2-9H2,1H3,(H,14,18)(H,16,17). The van der Waals surface area contributed by atoms with Gasteiger partial charge in [0, 0.05) is 20.2 Å². The molecule has 6 heteroatoms. The topological polar surface area (TPSA) is 78.9 Å². The fourth-order valence-corrected chi connectivity index (χ4v) is 2.06. The number of aliphatic carboxylic acids is 1. The van der Waals surface area contributed by atoms with Crippen LogP contribution < -0.4 is 5.32 Å². The number of nitrogens with one attached hydrogen (secondary N) is 1. The first-order valence-electron chi connectivity index (χ1n) is 6.88. The minimum atomic E-state index is -1.04. The fraction of sp³-hybridized carbons (Fsp3) is 0.846. The number of ether oxygens (including phenoxy) is 1. The lowest BCUT2D eigenvalue weighted by Gasteiger charge is -2.39. The lowest BCUT2D eigenvalue weighted by Crippen LogP contribution is -2.61. The van der Waals surface area contributed by atoms with Gasteiger partial charge < -0.3 is 20.1 Å². The van der Waals surface area contributed by atoms with E-state index in [4.69, 9.17) is 9.84 Å². The molecule has 0 aromatic heterocycles. The molecule has 0 spiro atoms. The van der Waals surface area contributed by atoms with Gasteiger partial charge in [0.1, 0.15) is 5.54 Å². The smallest absolute Gasteiger partial charge is 0.329 e. The maximum Gasteiger partial charge on any atom is 0.329 e. The normalized spacial score (nSPS) is 20.5. The average molecular weight is 270 g/mol. The molecule has 108 valence electrons. The van der Waals surface area contributed by atoms with Crippen molar-refractivity contribution in [3.05, 3.63) is 0 Å². The molecule has 2 aliphatic rings. The van der Waals surface area contributed by atoms with Crippen LogP contribution in [0.5, 0.6) is 0 Å². The number of nitrogens with zero attached hydrogens (tertiary/aromatic N) is 1. The average Bonchev–Trinajstić information content (AvgIpc) is 3.12. The molecule has 2 rings (SSSR count). The van der Waals surface area contributed by atoms with E-state index >= 15 is 0 Å². The molecular weight excluding hydrogens is 248 g/mol. The highest BCUT2D eigenvalue weighted by Gasteiger charge is 2.46. The Morgan fingerprint density at radius 2 is 2.11 bits per heavy atom. The second-order valence-corrected chi connectivity index (χ2v) is 5.61. The first-order valence-corrected chi connectivity index (χ1v) is 6.88. The number of rotatable bonds is 7. The SMILES string of the molecule is CN(CCOCC1CC1)C(=O)NC1(C(=O)O)CCC1. The number of carboxylic acid groups (broad SMARTS) is 1. The van der Waals surface area contributed by atoms with Crippen molar-refractivity contribution in [3.8, 4) is 0 Å². The molecule has 2 N–H and O–H groups in total. The molecule has 19 heavy (non-hydrogen) atoms. The van der Waals surface area contributed by atoms with E-state index in [1.165, 1.54) is 17.7 Å². The number of hydrogen-bond acceptors (Lipinski definition) is 3. The summed E-state index contributed by atoms with van der Waals surface area (Å²) in [5, 5.41) is 11.8. The highest BCUT2D eigenvalue weighted by Crippen LogP contribution is 2.32. The van der Waals surface area contributed by atoms with E-state index < -0.39 is 11.5 Å². The van der Waals surface area contributed by atoms with Crippen molar-refractivity contribution in [3.63, 3.8) is 0 Å². The molecule has 0 unspecified atom stereocenters. The number of urea groups is 1. The Bertz CT molecular complexity index is 351. The summed E-state index contributed by atoms with van der Waals surface area (Å²) < 4.78 is 5.46. The highest BCUT2D eigenvalue weighted by atomic mass is 16.5. The van der Waals surface area contributed by atoms with Gasteiger partial charge in [0.05, 0.1) is 6.61 Å². The summed E-state index contributed by atoms with van der Waals surface area (Å²) in [7, 11) is 1.66. The van der Waals surface area contributed by atoms with Crippen molar-refractivity contribution < 1.29 is 19.4 Å². The summed E-state index contributed by atoms with van der Waals surface area (Å²) in [6.07, 6.45) is 4.37. The van der Waals surface area contributed by atoms with Gasteiger partial charge in [-0.1, -0.05) is 0 Å². The maximum atomic E-state index is 11.9. The lowest BCUT2D eigenvalue weighted by molar-refractivity contribution is -0.148. The molecule has 0 aromatic carbocycles. The molecule has 0 heterocycles. The van der Waals surface area contributed by atoms with Crippen molar-refractivity contribution in [1.82, 2.24) is 10.2 Å². The third-order valence-electron chi connectivity index (χ3n) is 3.93. The monoisotopic (exact) mass is 270 g/mol. The van der Waals surface area contributed by atoms with E-state index in [2.05, 4.69) is 5.32 Å². The van der Waals surface area contributed by atoms with Crippen molar-refractivity contribution in [2.24, 2.45) is 5.92 Å². The van der Waals surface area contributed by atoms with Gasteiger partial charge in [-0.25, -0.2) is 9.59 Å². The molecule has 0 aliphatic heterocycles. The highest BCUT2D eigenvalue weighted by molar-refractivity contribution is 5.87. The van der Waals surface area contributed by atoms with Gasteiger partial charge in [0.2, 0.25) is 0 Å². The zero-order chi connectivity index (χ0) is 13.9. The van der Waals surface area contributed by atoms with Crippen LogP contribution in [0, 0.1) is 5.92 Å². The predicted octanol–water partition coefficient (Wildman–Crippen LogP) is 1.06. The van der Waals surface area contributed by atoms with Gasteiger partial charge in [-0.05, 0) is 38.0 Å². The van der Waals surface area contributed by atoms with E-state index in [0.717, 1.165) is 13.0 Å². The van der Waals surface area contributed by atoms with Crippen LogP contribution in [0.15, 0.2) is 0 Å². The number of hydrogen-bond donors (Lipinski definition) is 2. The second-order valence-electron chi connectivity index (χ2n) is 5.61. The zero-order valence-electron chi connectivity index (χ0n) is 11.4. The Hall–Kier alpha value is -1.30. The van der Waals surface area contributed by atoms with Gasteiger partial charge in [-0.2, -0.15) is 0 Å². The third-order valence-corrected chi connectivity index (χ3v) is 3.93. The van der Waals surface area contributed by atoms with Gasteiger partial charge in [-0.3, -0.25) is 0 Å². The molecule has 0 aromatic rings. The molecule has 0 saturated heterocycles. The van der Waals surface area contributed by atoms with Gasteiger partial charge in [0.25, 0.3) is 0 Å². The number of carbonyl (C=O) groups excluding carboxylic acids is 1.